The van der Waals surface area contributed by atoms with Crippen molar-refractivity contribution in [2.45, 2.75) is 45.3 Å². The average Bonchev–Trinajstić information content (AvgIpc) is 2.61. The number of benzene rings is 1. The van der Waals surface area contributed by atoms with Crippen LogP contribution in [-0.4, -0.2) is 44.8 Å². The van der Waals surface area contributed by atoms with Crippen molar-refractivity contribution in [3.8, 4) is 5.75 Å². The van der Waals surface area contributed by atoms with Gasteiger partial charge in [-0.15, -0.1) is 0 Å². The Morgan fingerprint density at radius 2 is 1.93 bits per heavy atom. The van der Waals surface area contributed by atoms with Crippen molar-refractivity contribution < 1.29 is 22.7 Å². The lowest BCUT2D eigenvalue weighted by atomic mass is 9.85. The normalized spacial score (nSPS) is 14.9. The third kappa shape index (κ3) is 8.21. The molecule has 1 amide bonds. The minimum absolute atomic E-state index is 0.129. The smallest absolute Gasteiger partial charge is 0.422 e. The third-order valence-electron chi connectivity index (χ3n) is 4.71. The van der Waals surface area contributed by atoms with Gasteiger partial charge in [-0.2, -0.15) is 13.2 Å². The summed E-state index contributed by atoms with van der Waals surface area (Å²) in [5.74, 6) is 1.03. The lowest BCUT2D eigenvalue weighted by Gasteiger charge is -2.24. The molecule has 0 saturated heterocycles. The SMILES string of the molecule is CN=C(NCCCNC(=O)C1CCC1)NCc1ccc(C)cc1OCC(F)(F)F. The van der Waals surface area contributed by atoms with E-state index in [-0.39, 0.29) is 24.1 Å². The fraction of sp³-hybridized carbons (Fsp3) is 0.600. The molecule has 6 nitrogen and oxygen atoms in total. The van der Waals surface area contributed by atoms with Crippen molar-refractivity contribution in [2.24, 2.45) is 10.9 Å². The Bertz CT molecular complexity index is 703. The van der Waals surface area contributed by atoms with Crippen molar-refractivity contribution >= 4 is 11.9 Å². The molecule has 1 aromatic carbocycles. The number of ether oxygens (including phenoxy) is 1. The minimum atomic E-state index is -4.39. The van der Waals surface area contributed by atoms with Crippen molar-refractivity contribution in [3.63, 3.8) is 0 Å². The van der Waals surface area contributed by atoms with Gasteiger partial charge in [0.25, 0.3) is 0 Å². The number of carbonyl (C=O) groups excluding carboxylic acids is 1. The van der Waals surface area contributed by atoms with E-state index in [1.54, 1.807) is 26.1 Å². The molecule has 0 unspecified atom stereocenters. The van der Waals surface area contributed by atoms with Gasteiger partial charge in [0.2, 0.25) is 5.91 Å². The van der Waals surface area contributed by atoms with Crippen LogP contribution in [0.5, 0.6) is 5.75 Å². The van der Waals surface area contributed by atoms with Crippen molar-refractivity contribution in [1.82, 2.24) is 16.0 Å². The van der Waals surface area contributed by atoms with E-state index < -0.39 is 12.8 Å². The van der Waals surface area contributed by atoms with Gasteiger partial charge < -0.3 is 20.7 Å². The molecular weight excluding hydrogens is 385 g/mol. The minimum Gasteiger partial charge on any atom is -0.484 e. The highest BCUT2D eigenvalue weighted by atomic mass is 19.4. The molecule has 29 heavy (non-hydrogen) atoms. The number of halogens is 3. The molecule has 0 aliphatic heterocycles. The Hall–Kier alpha value is -2.45. The summed E-state index contributed by atoms with van der Waals surface area (Å²) in [7, 11) is 1.61. The van der Waals surface area contributed by atoms with Gasteiger partial charge >= 0.3 is 6.18 Å². The molecule has 162 valence electrons. The van der Waals surface area contributed by atoms with Crippen LogP contribution in [0, 0.1) is 12.8 Å². The molecule has 0 spiro atoms. The number of nitrogens with one attached hydrogen (secondary N) is 3. The molecule has 1 aromatic rings. The second kappa shape index (κ2) is 10.9. The maximum absolute atomic E-state index is 12.5. The summed E-state index contributed by atoms with van der Waals surface area (Å²) in [6, 6.07) is 5.14. The molecule has 0 aromatic heterocycles. The largest absolute Gasteiger partial charge is 0.484 e. The third-order valence-corrected chi connectivity index (χ3v) is 4.71. The molecule has 0 radical (unpaired) electrons. The number of amides is 1. The van der Waals surface area contributed by atoms with Gasteiger partial charge in [0.1, 0.15) is 5.75 Å². The zero-order chi connectivity index (χ0) is 21.3. The topological polar surface area (TPSA) is 74.8 Å². The van der Waals surface area contributed by atoms with Gasteiger partial charge in [-0.05, 0) is 37.8 Å². The molecule has 0 heterocycles. The van der Waals surface area contributed by atoms with E-state index in [4.69, 9.17) is 4.74 Å². The lowest BCUT2D eigenvalue weighted by Crippen LogP contribution is -2.39. The molecule has 1 saturated carbocycles. The van der Waals surface area contributed by atoms with Crippen molar-refractivity contribution in [1.29, 1.82) is 0 Å². The Kier molecular flexibility index (Phi) is 8.60. The number of hydrogen-bond donors (Lipinski definition) is 3. The Morgan fingerprint density at radius 3 is 2.55 bits per heavy atom. The zero-order valence-corrected chi connectivity index (χ0v) is 16.9. The van der Waals surface area contributed by atoms with Crippen LogP contribution >= 0.6 is 0 Å². The predicted octanol–water partition coefficient (Wildman–Crippen LogP) is 2.91. The molecule has 9 heteroatoms. The summed E-state index contributed by atoms with van der Waals surface area (Å²) < 4.78 is 42.3. The fourth-order valence-corrected chi connectivity index (χ4v) is 2.82. The highest BCUT2D eigenvalue weighted by Gasteiger charge is 2.29. The van der Waals surface area contributed by atoms with E-state index in [1.165, 1.54) is 0 Å². The molecule has 0 bridgehead atoms. The monoisotopic (exact) mass is 414 g/mol. The van der Waals surface area contributed by atoms with Gasteiger partial charge in [0.05, 0.1) is 0 Å². The van der Waals surface area contributed by atoms with Gasteiger partial charge in [-0.25, -0.2) is 0 Å². The number of carbonyl (C=O) groups is 1. The van der Waals surface area contributed by atoms with Gasteiger partial charge in [0, 0.05) is 38.2 Å². The lowest BCUT2D eigenvalue weighted by molar-refractivity contribution is -0.153. The van der Waals surface area contributed by atoms with Crippen LogP contribution in [-0.2, 0) is 11.3 Å². The first-order valence-corrected chi connectivity index (χ1v) is 9.80. The first-order chi connectivity index (χ1) is 13.8. The maximum atomic E-state index is 12.5. The summed E-state index contributed by atoms with van der Waals surface area (Å²) in [6.07, 6.45) is -0.558. The number of aryl methyl sites for hydroxylation is 1. The quantitative estimate of drug-likeness (QED) is 0.330. The highest BCUT2D eigenvalue weighted by molar-refractivity contribution is 5.80. The summed E-state index contributed by atoms with van der Waals surface area (Å²) in [5, 5.41) is 9.12. The number of nitrogens with zero attached hydrogens (tertiary/aromatic N) is 1. The van der Waals surface area contributed by atoms with Crippen LogP contribution in [0.15, 0.2) is 23.2 Å². The standard InChI is InChI=1S/C20H29F3N4O2/c1-14-7-8-16(17(11-14)29-13-20(21,22)23)12-27-19(24-2)26-10-4-9-25-18(28)15-5-3-6-15/h7-8,11,15H,3-6,9-10,12-13H2,1-2H3,(H,25,28)(H2,24,26,27). The van der Waals surface area contributed by atoms with Crippen LogP contribution in [0.1, 0.15) is 36.8 Å². The van der Waals surface area contributed by atoms with Crippen LogP contribution in [0.4, 0.5) is 13.2 Å². The zero-order valence-electron chi connectivity index (χ0n) is 16.9. The molecule has 1 fully saturated rings. The van der Waals surface area contributed by atoms with Crippen LogP contribution in [0.2, 0.25) is 0 Å². The van der Waals surface area contributed by atoms with Gasteiger partial charge in [-0.3, -0.25) is 9.79 Å². The molecule has 3 N–H and O–H groups in total. The Balaban J connectivity index is 1.74. The molecular formula is C20H29F3N4O2. The number of rotatable bonds is 9. The number of aliphatic imine (C=N–C) groups is 1. The molecule has 1 aliphatic carbocycles. The predicted molar refractivity (Wildman–Crippen MR) is 106 cm³/mol. The molecule has 0 atom stereocenters. The molecule has 1 aliphatic rings. The summed E-state index contributed by atoms with van der Waals surface area (Å²) >= 11 is 0. The van der Waals surface area contributed by atoms with Crippen molar-refractivity contribution in [2.75, 3.05) is 26.7 Å². The first-order valence-electron chi connectivity index (χ1n) is 9.80. The summed E-state index contributed by atoms with van der Waals surface area (Å²) in [6.45, 7) is 1.93. The van der Waals surface area contributed by atoms with E-state index in [2.05, 4.69) is 20.9 Å². The second-order valence-electron chi connectivity index (χ2n) is 7.14. The summed E-state index contributed by atoms with van der Waals surface area (Å²) in [5.41, 5.74) is 1.42. The van der Waals surface area contributed by atoms with E-state index in [0.717, 1.165) is 31.2 Å². The maximum Gasteiger partial charge on any atom is 0.422 e. The van der Waals surface area contributed by atoms with E-state index in [0.29, 0.717) is 24.6 Å². The van der Waals surface area contributed by atoms with Crippen molar-refractivity contribution in [3.05, 3.63) is 29.3 Å². The second-order valence-corrected chi connectivity index (χ2v) is 7.14. The van der Waals surface area contributed by atoms with Crippen LogP contribution in [0.25, 0.3) is 0 Å². The molecule has 2 rings (SSSR count). The van der Waals surface area contributed by atoms with Gasteiger partial charge in [-0.1, -0.05) is 18.6 Å². The van der Waals surface area contributed by atoms with Crippen LogP contribution < -0.4 is 20.7 Å². The Morgan fingerprint density at radius 1 is 1.21 bits per heavy atom. The van der Waals surface area contributed by atoms with E-state index in [9.17, 15) is 18.0 Å². The number of alkyl halides is 3. The Labute approximate surface area is 169 Å². The highest BCUT2D eigenvalue weighted by Crippen LogP contribution is 2.26. The van der Waals surface area contributed by atoms with Crippen LogP contribution in [0.3, 0.4) is 0 Å². The average molecular weight is 414 g/mol. The number of hydrogen-bond acceptors (Lipinski definition) is 3. The number of guanidine groups is 1. The fourth-order valence-electron chi connectivity index (χ4n) is 2.82. The van der Waals surface area contributed by atoms with E-state index >= 15 is 0 Å². The summed E-state index contributed by atoms with van der Waals surface area (Å²) in [4.78, 5) is 15.9. The van der Waals surface area contributed by atoms with E-state index in [1.807, 2.05) is 6.07 Å². The first kappa shape index (κ1) is 22.8. The van der Waals surface area contributed by atoms with Gasteiger partial charge in [0.15, 0.2) is 12.6 Å².